The zero-order valence-corrected chi connectivity index (χ0v) is 15.9. The number of ether oxygens (including phenoxy) is 4. The second kappa shape index (κ2) is 7.01. The summed E-state index contributed by atoms with van der Waals surface area (Å²) < 4.78 is 49.7. The summed E-state index contributed by atoms with van der Waals surface area (Å²) in [6.07, 6.45) is 0. The van der Waals surface area contributed by atoms with Gasteiger partial charge in [-0.15, -0.1) is 0 Å². The first kappa shape index (κ1) is 17.7. The predicted molar refractivity (Wildman–Crippen MR) is 95.5 cm³/mol. The van der Waals surface area contributed by atoms with Gasteiger partial charge in [0.1, 0.15) is 13.2 Å². The summed E-state index contributed by atoms with van der Waals surface area (Å²) in [4.78, 5) is 0.0481. The molecule has 7 nitrogen and oxygen atoms in total. The van der Waals surface area contributed by atoms with Gasteiger partial charge in [0, 0.05) is 22.7 Å². The van der Waals surface area contributed by atoms with Gasteiger partial charge in [-0.3, -0.25) is 4.72 Å². The van der Waals surface area contributed by atoms with E-state index in [0.717, 1.165) is 0 Å². The van der Waals surface area contributed by atoms with Crippen molar-refractivity contribution >= 4 is 31.6 Å². The SMILES string of the molecule is COc1ccc(S(=O)(=O)Nc2cc3c(cc2Br)OCCO3)cc1OC. The van der Waals surface area contributed by atoms with E-state index in [-0.39, 0.29) is 4.90 Å². The third kappa shape index (κ3) is 3.62. The van der Waals surface area contributed by atoms with Crippen molar-refractivity contribution in [1.82, 2.24) is 0 Å². The molecule has 1 N–H and O–H groups in total. The Bertz CT molecular complexity index is 900. The molecular weight excluding hydrogens is 414 g/mol. The van der Waals surface area contributed by atoms with Crippen LogP contribution in [0, 0.1) is 0 Å². The Kier molecular flexibility index (Phi) is 4.96. The number of anilines is 1. The van der Waals surface area contributed by atoms with E-state index >= 15 is 0 Å². The number of halogens is 1. The van der Waals surface area contributed by atoms with Gasteiger partial charge in [0.25, 0.3) is 10.0 Å². The molecule has 9 heteroatoms. The van der Waals surface area contributed by atoms with Crippen LogP contribution >= 0.6 is 15.9 Å². The van der Waals surface area contributed by atoms with E-state index in [1.165, 1.54) is 32.4 Å². The molecule has 1 aliphatic heterocycles. The van der Waals surface area contributed by atoms with Crippen molar-refractivity contribution in [1.29, 1.82) is 0 Å². The molecule has 0 aliphatic carbocycles. The number of fused-ring (bicyclic) bond motifs is 1. The Morgan fingerprint density at radius 3 is 2.28 bits per heavy atom. The zero-order chi connectivity index (χ0) is 18.0. The molecule has 0 saturated carbocycles. The molecule has 1 heterocycles. The van der Waals surface area contributed by atoms with Gasteiger partial charge in [0.15, 0.2) is 23.0 Å². The average molecular weight is 430 g/mol. The van der Waals surface area contributed by atoms with Gasteiger partial charge in [0.2, 0.25) is 0 Å². The van der Waals surface area contributed by atoms with Crippen molar-refractivity contribution in [3.63, 3.8) is 0 Å². The minimum Gasteiger partial charge on any atom is -0.493 e. The van der Waals surface area contributed by atoms with Crippen molar-refractivity contribution in [2.45, 2.75) is 4.90 Å². The van der Waals surface area contributed by atoms with E-state index in [4.69, 9.17) is 18.9 Å². The van der Waals surface area contributed by atoms with Crippen LogP contribution in [0.1, 0.15) is 0 Å². The predicted octanol–water partition coefficient (Wildman–Crippen LogP) is 3.04. The molecule has 134 valence electrons. The van der Waals surface area contributed by atoms with Gasteiger partial charge >= 0.3 is 0 Å². The summed E-state index contributed by atoms with van der Waals surface area (Å²) in [5, 5.41) is 0. The minimum absolute atomic E-state index is 0.0481. The smallest absolute Gasteiger partial charge is 0.262 e. The third-order valence-electron chi connectivity index (χ3n) is 3.54. The number of hydrogen-bond acceptors (Lipinski definition) is 6. The molecule has 3 rings (SSSR count). The number of sulfonamides is 1. The largest absolute Gasteiger partial charge is 0.493 e. The van der Waals surface area contributed by atoms with Crippen LogP contribution < -0.4 is 23.7 Å². The highest BCUT2D eigenvalue weighted by atomic mass is 79.9. The van der Waals surface area contributed by atoms with Crippen LogP contribution in [0.3, 0.4) is 0 Å². The van der Waals surface area contributed by atoms with E-state index < -0.39 is 10.0 Å². The molecule has 2 aromatic rings. The molecule has 0 aromatic heterocycles. The fourth-order valence-electron chi connectivity index (χ4n) is 2.33. The standard InChI is InChI=1S/C16H16BrNO6S/c1-21-13-4-3-10(7-14(13)22-2)25(19,20)18-12-9-16-15(8-11(12)17)23-5-6-24-16/h3-4,7-9,18H,5-6H2,1-2H3. The minimum atomic E-state index is -3.83. The fourth-order valence-corrected chi connectivity index (χ4v) is 3.97. The van der Waals surface area contributed by atoms with Crippen molar-refractivity contribution in [2.24, 2.45) is 0 Å². The summed E-state index contributed by atoms with van der Waals surface area (Å²) in [7, 11) is -0.906. The molecule has 0 bridgehead atoms. The Balaban J connectivity index is 1.94. The molecular formula is C16H16BrNO6S. The maximum absolute atomic E-state index is 12.7. The molecule has 0 radical (unpaired) electrons. The molecule has 2 aromatic carbocycles. The molecule has 0 amide bonds. The lowest BCUT2D eigenvalue weighted by Gasteiger charge is -2.20. The summed E-state index contributed by atoms with van der Waals surface area (Å²) >= 11 is 3.34. The first-order chi connectivity index (χ1) is 11.9. The topological polar surface area (TPSA) is 83.1 Å². The van der Waals surface area contributed by atoms with E-state index in [0.29, 0.717) is 46.4 Å². The lowest BCUT2D eigenvalue weighted by atomic mass is 10.2. The Hall–Kier alpha value is -2.13. The van der Waals surface area contributed by atoms with E-state index in [9.17, 15) is 8.42 Å². The summed E-state index contributed by atoms with van der Waals surface area (Å²) in [5.41, 5.74) is 0.346. The Labute approximate surface area is 154 Å². The monoisotopic (exact) mass is 429 g/mol. The van der Waals surface area contributed by atoms with Gasteiger partial charge in [-0.1, -0.05) is 0 Å². The van der Waals surface area contributed by atoms with Gasteiger partial charge < -0.3 is 18.9 Å². The fraction of sp³-hybridized carbons (Fsp3) is 0.250. The number of hydrogen-bond donors (Lipinski definition) is 1. The molecule has 0 atom stereocenters. The van der Waals surface area contributed by atoms with Crippen LogP contribution in [0.25, 0.3) is 0 Å². The van der Waals surface area contributed by atoms with Crippen molar-refractivity contribution in [2.75, 3.05) is 32.2 Å². The highest BCUT2D eigenvalue weighted by Crippen LogP contribution is 2.39. The number of rotatable bonds is 5. The van der Waals surface area contributed by atoms with E-state index in [2.05, 4.69) is 20.7 Å². The number of methoxy groups -OCH3 is 2. The Morgan fingerprint density at radius 2 is 1.64 bits per heavy atom. The summed E-state index contributed by atoms with van der Waals surface area (Å²) in [6, 6.07) is 7.62. The van der Waals surface area contributed by atoms with Crippen LogP contribution in [0.5, 0.6) is 23.0 Å². The average Bonchev–Trinajstić information content (AvgIpc) is 2.61. The quantitative estimate of drug-likeness (QED) is 0.786. The first-order valence-electron chi connectivity index (χ1n) is 7.28. The van der Waals surface area contributed by atoms with Crippen molar-refractivity contribution < 1.29 is 27.4 Å². The van der Waals surface area contributed by atoms with E-state index in [1.54, 1.807) is 12.1 Å². The van der Waals surface area contributed by atoms with Gasteiger partial charge in [-0.25, -0.2) is 8.42 Å². The van der Waals surface area contributed by atoms with Gasteiger partial charge in [-0.05, 0) is 28.1 Å². The lowest BCUT2D eigenvalue weighted by molar-refractivity contribution is 0.171. The number of benzene rings is 2. The Morgan fingerprint density at radius 1 is 1.00 bits per heavy atom. The van der Waals surface area contributed by atoms with Crippen LogP contribution in [-0.2, 0) is 10.0 Å². The highest BCUT2D eigenvalue weighted by Gasteiger charge is 2.21. The van der Waals surface area contributed by atoms with Crippen LogP contribution in [-0.4, -0.2) is 35.9 Å². The first-order valence-corrected chi connectivity index (χ1v) is 9.56. The molecule has 0 saturated heterocycles. The molecule has 0 spiro atoms. The molecule has 0 unspecified atom stereocenters. The molecule has 1 aliphatic rings. The zero-order valence-electron chi connectivity index (χ0n) is 13.5. The normalized spacial score (nSPS) is 13.2. The van der Waals surface area contributed by atoms with Crippen LogP contribution in [0.4, 0.5) is 5.69 Å². The maximum atomic E-state index is 12.7. The lowest BCUT2D eigenvalue weighted by Crippen LogP contribution is -2.17. The van der Waals surface area contributed by atoms with Crippen molar-refractivity contribution in [3.05, 3.63) is 34.8 Å². The van der Waals surface area contributed by atoms with E-state index in [1.807, 2.05) is 0 Å². The maximum Gasteiger partial charge on any atom is 0.262 e. The van der Waals surface area contributed by atoms with Gasteiger partial charge in [0.05, 0.1) is 24.8 Å². The molecule has 25 heavy (non-hydrogen) atoms. The van der Waals surface area contributed by atoms with Crippen molar-refractivity contribution in [3.8, 4) is 23.0 Å². The highest BCUT2D eigenvalue weighted by molar-refractivity contribution is 9.10. The second-order valence-corrected chi connectivity index (χ2v) is 7.63. The van der Waals surface area contributed by atoms with Crippen LogP contribution in [0.15, 0.2) is 39.7 Å². The summed E-state index contributed by atoms with van der Waals surface area (Å²) in [5.74, 6) is 1.82. The van der Waals surface area contributed by atoms with Crippen LogP contribution in [0.2, 0.25) is 0 Å². The summed E-state index contributed by atoms with van der Waals surface area (Å²) in [6.45, 7) is 0.868. The third-order valence-corrected chi connectivity index (χ3v) is 5.56. The van der Waals surface area contributed by atoms with Gasteiger partial charge in [-0.2, -0.15) is 0 Å². The second-order valence-electron chi connectivity index (χ2n) is 5.10. The molecule has 0 fully saturated rings. The number of nitrogens with one attached hydrogen (secondary N) is 1.